The molecule has 226 valence electrons. The predicted octanol–water partition coefficient (Wildman–Crippen LogP) is 13.7. The fraction of sp³-hybridized carbons (Fsp3) is 0. The van der Waals surface area contributed by atoms with E-state index in [1.807, 2.05) is 18.2 Å². The first-order valence-electron chi connectivity index (χ1n) is 19.0. The Bertz CT molecular complexity index is 3230. The zero-order valence-electron chi connectivity index (χ0n) is 31.2. The number of ether oxygens (including phenoxy) is 1. The zero-order chi connectivity index (χ0) is 36.4. The molecule has 0 atom stereocenters. The molecule has 0 saturated heterocycles. The maximum absolute atomic E-state index is 8.71. The van der Waals surface area contributed by atoms with E-state index in [-0.39, 0.29) is 29.7 Å². The molecule has 1 aliphatic heterocycles. The minimum atomic E-state index is -0.390. The first kappa shape index (κ1) is 22.2. The summed E-state index contributed by atoms with van der Waals surface area (Å²) in [5, 5.41) is 10.9. The quantitative estimate of drug-likeness (QED) is 0.178. The number of fused-ring (bicyclic) bond motifs is 4. The Morgan fingerprint density at radius 1 is 0.347 bits per heavy atom. The summed E-state index contributed by atoms with van der Waals surface area (Å²) in [4.78, 5) is 0. The monoisotopic (exact) mass is 625 g/mol. The second-order valence-corrected chi connectivity index (χ2v) is 12.9. The molecule has 1 heteroatoms. The van der Waals surface area contributed by atoms with Gasteiger partial charge in [0.25, 0.3) is 0 Å². The average molecular weight is 626 g/mol. The lowest BCUT2D eigenvalue weighted by Gasteiger charge is -2.23. The predicted molar refractivity (Wildman–Crippen MR) is 207 cm³/mol. The van der Waals surface area contributed by atoms with Gasteiger partial charge < -0.3 is 4.74 Å². The van der Waals surface area contributed by atoms with Crippen molar-refractivity contribution in [1.29, 1.82) is 0 Å². The highest BCUT2D eigenvalue weighted by Crippen LogP contribution is 2.50. The van der Waals surface area contributed by atoms with Crippen LogP contribution in [0.15, 0.2) is 170 Å². The van der Waals surface area contributed by atoms with Crippen LogP contribution in [0.2, 0.25) is 0 Å². The number of benzene rings is 10. The average Bonchev–Trinajstić information content (AvgIpc) is 3.21. The van der Waals surface area contributed by atoms with Crippen molar-refractivity contribution in [2.45, 2.75) is 0 Å². The first-order chi connectivity index (χ1) is 26.4. The molecule has 0 amide bonds. The van der Waals surface area contributed by atoms with Crippen molar-refractivity contribution in [1.82, 2.24) is 0 Å². The highest BCUT2D eigenvalue weighted by atomic mass is 16.5. The van der Waals surface area contributed by atoms with Gasteiger partial charge in [0.15, 0.2) is 0 Å². The molecule has 0 N–H and O–H groups in total. The lowest BCUT2D eigenvalue weighted by atomic mass is 9.86. The standard InChI is InChI=1S/C48H28O/c1-2-8-29(9-3-1)37-21-16-30-19-24-42-38(22-17-31-18-23-41(37)46(30)47(31)42)34-12-6-11-32(26-34)33-20-25-44-43(27-33)40-15-7-14-39-36-13-5-4-10-35(36)28-45(49-44)48(39)40/h1-28H/i1D,2D,3D,8D,9D. The third-order valence-electron chi connectivity index (χ3n) is 10.3. The van der Waals surface area contributed by atoms with Gasteiger partial charge in [0.1, 0.15) is 11.5 Å². The fourth-order valence-corrected chi connectivity index (χ4v) is 8.08. The second kappa shape index (κ2) is 10.0. The van der Waals surface area contributed by atoms with Gasteiger partial charge in [-0.3, -0.25) is 0 Å². The van der Waals surface area contributed by atoms with Crippen molar-refractivity contribution in [3.05, 3.63) is 170 Å². The molecule has 11 rings (SSSR count). The molecule has 0 fully saturated rings. The van der Waals surface area contributed by atoms with Gasteiger partial charge in [-0.2, -0.15) is 0 Å². The molecule has 49 heavy (non-hydrogen) atoms. The highest BCUT2D eigenvalue weighted by molar-refractivity contribution is 6.27. The van der Waals surface area contributed by atoms with E-state index in [0.29, 0.717) is 5.56 Å². The number of hydrogen-bond acceptors (Lipinski definition) is 1. The van der Waals surface area contributed by atoms with Gasteiger partial charge in [0.2, 0.25) is 0 Å². The van der Waals surface area contributed by atoms with E-state index in [1.54, 1.807) is 0 Å². The summed E-state index contributed by atoms with van der Waals surface area (Å²) in [5.74, 6) is 1.73. The van der Waals surface area contributed by atoms with Crippen LogP contribution in [0, 0.1) is 0 Å². The van der Waals surface area contributed by atoms with Crippen LogP contribution in [0.1, 0.15) is 6.85 Å². The lowest BCUT2D eigenvalue weighted by Crippen LogP contribution is -1.98. The second-order valence-electron chi connectivity index (χ2n) is 12.9. The van der Waals surface area contributed by atoms with E-state index in [9.17, 15) is 0 Å². The third-order valence-corrected chi connectivity index (χ3v) is 10.3. The van der Waals surface area contributed by atoms with E-state index < -0.39 is 6.04 Å². The molecule has 1 heterocycles. The SMILES string of the molecule is [2H]c1c([2H])c([2H])c(-c2ccc3ccc4c(-c5cccc(-c6ccc7c(c6)-c6cccc8c6c(cc6ccccc68)O7)c5)ccc5ccc2c3c54)c([2H])c1[2H]. The molecule has 0 spiro atoms. The van der Waals surface area contributed by atoms with Crippen LogP contribution in [0.3, 0.4) is 0 Å². The van der Waals surface area contributed by atoms with Crippen molar-refractivity contribution in [2.75, 3.05) is 0 Å². The Morgan fingerprint density at radius 3 is 1.84 bits per heavy atom. The molecule has 0 unspecified atom stereocenters. The van der Waals surface area contributed by atoms with Crippen molar-refractivity contribution in [3.8, 4) is 56.0 Å². The van der Waals surface area contributed by atoms with Crippen molar-refractivity contribution >= 4 is 53.9 Å². The van der Waals surface area contributed by atoms with Crippen LogP contribution >= 0.6 is 0 Å². The van der Waals surface area contributed by atoms with Crippen LogP contribution in [0.4, 0.5) is 0 Å². The van der Waals surface area contributed by atoms with E-state index >= 15 is 0 Å². The summed E-state index contributed by atoms with van der Waals surface area (Å²) in [5.41, 5.74) is 7.47. The van der Waals surface area contributed by atoms with Crippen LogP contribution in [0.5, 0.6) is 11.5 Å². The molecular weight excluding hydrogens is 593 g/mol. The Balaban J connectivity index is 1.06. The fourth-order valence-electron chi connectivity index (χ4n) is 8.08. The number of hydrogen-bond donors (Lipinski definition) is 0. The maximum Gasteiger partial charge on any atom is 0.136 e. The zero-order valence-corrected chi connectivity index (χ0v) is 26.2. The van der Waals surface area contributed by atoms with Gasteiger partial charge in [-0.25, -0.2) is 0 Å². The summed E-state index contributed by atoms with van der Waals surface area (Å²) in [7, 11) is 0. The van der Waals surface area contributed by atoms with Gasteiger partial charge in [0, 0.05) is 10.9 Å². The van der Waals surface area contributed by atoms with E-state index in [4.69, 9.17) is 11.6 Å². The Hall–Kier alpha value is -6.44. The minimum Gasteiger partial charge on any atom is -0.456 e. The molecular formula is C48H28O. The summed E-state index contributed by atoms with van der Waals surface area (Å²) < 4.78 is 48.7. The molecule has 1 nitrogen and oxygen atoms in total. The molecule has 0 aromatic heterocycles. The summed E-state index contributed by atoms with van der Waals surface area (Å²) in [6, 6.07) is 47.4. The molecule has 10 aromatic rings. The highest BCUT2D eigenvalue weighted by Gasteiger charge is 2.22. The van der Waals surface area contributed by atoms with E-state index in [0.717, 1.165) is 82.4 Å². The van der Waals surface area contributed by atoms with Crippen molar-refractivity contribution in [2.24, 2.45) is 0 Å². The van der Waals surface area contributed by atoms with E-state index in [1.165, 1.54) is 16.3 Å². The van der Waals surface area contributed by atoms with Gasteiger partial charge in [-0.15, -0.1) is 0 Å². The van der Waals surface area contributed by atoms with Gasteiger partial charge in [0.05, 0.1) is 6.85 Å². The Morgan fingerprint density at radius 2 is 1.02 bits per heavy atom. The van der Waals surface area contributed by atoms with Crippen LogP contribution in [-0.4, -0.2) is 0 Å². The first-order valence-corrected chi connectivity index (χ1v) is 16.5. The third kappa shape index (κ3) is 3.87. The minimum absolute atomic E-state index is 0.198. The molecule has 0 radical (unpaired) electrons. The van der Waals surface area contributed by atoms with Gasteiger partial charge in [-0.05, 0) is 112 Å². The molecule has 0 saturated carbocycles. The van der Waals surface area contributed by atoms with Crippen LogP contribution in [0.25, 0.3) is 98.4 Å². The molecule has 0 bridgehead atoms. The maximum atomic E-state index is 8.71. The number of rotatable bonds is 3. The van der Waals surface area contributed by atoms with Crippen molar-refractivity contribution < 1.29 is 11.6 Å². The normalized spacial score (nSPS) is 13.7. The largest absolute Gasteiger partial charge is 0.456 e. The van der Waals surface area contributed by atoms with Gasteiger partial charge in [-0.1, -0.05) is 145 Å². The molecule has 1 aliphatic rings. The Kier molecular flexibility index (Phi) is 4.54. The summed E-state index contributed by atoms with van der Waals surface area (Å²) >= 11 is 0. The molecule has 0 aliphatic carbocycles. The van der Waals surface area contributed by atoms with Crippen LogP contribution in [-0.2, 0) is 0 Å². The van der Waals surface area contributed by atoms with Crippen molar-refractivity contribution in [3.63, 3.8) is 0 Å². The lowest BCUT2D eigenvalue weighted by molar-refractivity contribution is 0.488. The van der Waals surface area contributed by atoms with Gasteiger partial charge >= 0.3 is 0 Å². The molecule has 10 aromatic carbocycles. The topological polar surface area (TPSA) is 9.23 Å². The van der Waals surface area contributed by atoms with Crippen LogP contribution < -0.4 is 4.74 Å². The van der Waals surface area contributed by atoms with E-state index in [2.05, 4.69) is 121 Å². The smallest absolute Gasteiger partial charge is 0.136 e. The summed E-state index contributed by atoms with van der Waals surface area (Å²) in [6.07, 6.45) is 0. The Labute approximate surface area is 290 Å². The summed E-state index contributed by atoms with van der Waals surface area (Å²) in [6.45, 7) is 0.